The maximum atomic E-state index is 11.6. The van der Waals surface area contributed by atoms with Crippen molar-refractivity contribution in [1.29, 1.82) is 0 Å². The second kappa shape index (κ2) is 7.00. The minimum Gasteiger partial charge on any atom is -0.461 e. The molecule has 0 bridgehead atoms. The van der Waals surface area contributed by atoms with E-state index in [9.17, 15) is 4.79 Å². The topological polar surface area (TPSA) is 55.3 Å². The zero-order chi connectivity index (χ0) is 14.4. The van der Waals surface area contributed by atoms with Crippen molar-refractivity contribution in [2.45, 2.75) is 13.3 Å². The number of carbonyl (C=O) groups excluding carboxylic acids is 1. The van der Waals surface area contributed by atoms with Crippen molar-refractivity contribution in [2.75, 3.05) is 25.1 Å². The summed E-state index contributed by atoms with van der Waals surface area (Å²) in [5.74, 6) is -0.367. The van der Waals surface area contributed by atoms with Gasteiger partial charge in [0.2, 0.25) is 0 Å². The first-order chi connectivity index (χ1) is 9.70. The molecule has 0 unspecified atom stereocenters. The summed E-state index contributed by atoms with van der Waals surface area (Å²) in [6, 6.07) is 5.88. The van der Waals surface area contributed by atoms with E-state index in [1.54, 1.807) is 18.5 Å². The van der Waals surface area contributed by atoms with E-state index < -0.39 is 0 Å². The average Bonchev–Trinajstić information content (AvgIpc) is 2.96. The fourth-order valence-corrected chi connectivity index (χ4v) is 2.45. The number of anilines is 1. The van der Waals surface area contributed by atoms with E-state index in [2.05, 4.69) is 9.97 Å². The highest BCUT2D eigenvalue weighted by Crippen LogP contribution is 2.20. The van der Waals surface area contributed by atoms with E-state index >= 15 is 0 Å². The van der Waals surface area contributed by atoms with Crippen molar-refractivity contribution in [3.8, 4) is 0 Å². The van der Waals surface area contributed by atoms with Crippen LogP contribution in [0.25, 0.3) is 0 Å². The monoisotopic (exact) mass is 291 g/mol. The number of pyridine rings is 1. The molecule has 0 saturated heterocycles. The number of hydrogen-bond donors (Lipinski definition) is 0. The lowest BCUT2D eigenvalue weighted by molar-refractivity contribution is 0.0520. The number of rotatable bonds is 6. The van der Waals surface area contributed by atoms with Crippen LogP contribution in [0.1, 0.15) is 23.1 Å². The van der Waals surface area contributed by atoms with E-state index in [0.717, 1.165) is 23.8 Å². The van der Waals surface area contributed by atoms with Gasteiger partial charge in [-0.05, 0) is 19.1 Å². The summed E-state index contributed by atoms with van der Waals surface area (Å²) in [4.78, 5) is 22.1. The molecule has 2 aromatic heterocycles. The molecule has 0 N–H and O–H groups in total. The highest BCUT2D eigenvalue weighted by Gasteiger charge is 2.13. The number of nitrogens with zero attached hydrogens (tertiary/aromatic N) is 3. The third-order valence-electron chi connectivity index (χ3n) is 2.73. The van der Waals surface area contributed by atoms with Crippen LogP contribution in [0.3, 0.4) is 0 Å². The van der Waals surface area contributed by atoms with Crippen LogP contribution in [0.4, 0.5) is 5.13 Å². The lowest BCUT2D eigenvalue weighted by Crippen LogP contribution is -2.20. The average molecular weight is 291 g/mol. The van der Waals surface area contributed by atoms with E-state index in [-0.39, 0.29) is 5.97 Å². The summed E-state index contributed by atoms with van der Waals surface area (Å²) < 4.78 is 4.93. The van der Waals surface area contributed by atoms with Crippen LogP contribution in [-0.4, -0.2) is 36.1 Å². The van der Waals surface area contributed by atoms with Gasteiger partial charge in [0.05, 0.1) is 6.61 Å². The summed E-state index contributed by atoms with van der Waals surface area (Å²) in [6.07, 6.45) is 2.63. The van der Waals surface area contributed by atoms with Gasteiger partial charge in [0, 0.05) is 37.3 Å². The van der Waals surface area contributed by atoms with Crippen LogP contribution in [-0.2, 0) is 11.2 Å². The van der Waals surface area contributed by atoms with Gasteiger partial charge < -0.3 is 9.64 Å². The van der Waals surface area contributed by atoms with Crippen molar-refractivity contribution in [3.05, 3.63) is 41.2 Å². The lowest BCUT2D eigenvalue weighted by Gasteiger charge is -2.14. The minimum atomic E-state index is -0.367. The maximum absolute atomic E-state index is 11.6. The molecule has 0 fully saturated rings. The van der Waals surface area contributed by atoms with E-state index in [1.807, 2.05) is 30.1 Å². The molecule has 20 heavy (non-hydrogen) atoms. The number of likely N-dealkylation sites (N-methyl/N-ethyl adjacent to an activating group) is 1. The normalized spacial score (nSPS) is 10.3. The van der Waals surface area contributed by atoms with Gasteiger partial charge in [-0.25, -0.2) is 9.78 Å². The molecule has 6 heteroatoms. The highest BCUT2D eigenvalue weighted by molar-refractivity contribution is 7.13. The Kier molecular flexibility index (Phi) is 5.06. The number of ether oxygens (including phenoxy) is 1. The zero-order valence-corrected chi connectivity index (χ0v) is 12.4. The highest BCUT2D eigenvalue weighted by atomic mass is 32.1. The molecule has 0 amide bonds. The number of esters is 1. The van der Waals surface area contributed by atoms with Crippen molar-refractivity contribution >= 4 is 22.4 Å². The van der Waals surface area contributed by atoms with Crippen LogP contribution in [0.5, 0.6) is 0 Å². The van der Waals surface area contributed by atoms with Crippen molar-refractivity contribution in [3.63, 3.8) is 0 Å². The molecule has 0 aliphatic rings. The molecule has 0 saturated carbocycles. The quantitative estimate of drug-likeness (QED) is 0.765. The predicted octanol–water partition coefficient (Wildman–Crippen LogP) is 2.39. The standard InChI is InChI=1S/C14H17N3O2S/c1-3-19-13(18)12-10-20-14(16-12)17(2)9-7-11-6-4-5-8-15-11/h4-6,8,10H,3,7,9H2,1-2H3. The summed E-state index contributed by atoms with van der Waals surface area (Å²) in [7, 11) is 1.96. The molecule has 2 heterocycles. The van der Waals surface area contributed by atoms with E-state index in [1.165, 1.54) is 11.3 Å². The molecule has 0 spiro atoms. The molecule has 0 atom stereocenters. The number of thiazole rings is 1. The van der Waals surface area contributed by atoms with Crippen molar-refractivity contribution < 1.29 is 9.53 Å². The number of carbonyl (C=O) groups is 1. The van der Waals surface area contributed by atoms with Gasteiger partial charge in [0.1, 0.15) is 0 Å². The summed E-state index contributed by atoms with van der Waals surface area (Å²) in [6.45, 7) is 2.94. The third kappa shape index (κ3) is 3.77. The molecule has 106 valence electrons. The summed E-state index contributed by atoms with van der Waals surface area (Å²) in [5.41, 5.74) is 1.41. The van der Waals surface area contributed by atoms with Crippen LogP contribution < -0.4 is 4.90 Å². The SMILES string of the molecule is CCOC(=O)c1csc(N(C)CCc2ccccn2)n1. The first-order valence-electron chi connectivity index (χ1n) is 6.44. The molecule has 2 rings (SSSR count). The van der Waals surface area contributed by atoms with Crippen molar-refractivity contribution in [1.82, 2.24) is 9.97 Å². The van der Waals surface area contributed by atoms with Gasteiger partial charge in [-0.3, -0.25) is 4.98 Å². The Labute approximate surface area is 122 Å². The Morgan fingerprint density at radius 2 is 2.30 bits per heavy atom. The summed E-state index contributed by atoms with van der Waals surface area (Å²) in [5, 5.41) is 2.54. The van der Waals surface area contributed by atoms with E-state index in [0.29, 0.717) is 12.3 Å². The van der Waals surface area contributed by atoms with Gasteiger partial charge in [-0.15, -0.1) is 11.3 Å². The fraction of sp³-hybridized carbons (Fsp3) is 0.357. The Bertz CT molecular complexity index is 557. The van der Waals surface area contributed by atoms with Crippen LogP contribution in [0.2, 0.25) is 0 Å². The molecule has 0 radical (unpaired) electrons. The smallest absolute Gasteiger partial charge is 0.357 e. The first kappa shape index (κ1) is 14.5. The van der Waals surface area contributed by atoms with Crippen LogP contribution in [0.15, 0.2) is 29.8 Å². The largest absolute Gasteiger partial charge is 0.461 e. The third-order valence-corrected chi connectivity index (χ3v) is 3.69. The van der Waals surface area contributed by atoms with Gasteiger partial charge in [0.15, 0.2) is 10.8 Å². The number of hydrogen-bond acceptors (Lipinski definition) is 6. The maximum Gasteiger partial charge on any atom is 0.357 e. The molecular formula is C14H17N3O2S. The van der Waals surface area contributed by atoms with Gasteiger partial charge >= 0.3 is 5.97 Å². The Morgan fingerprint density at radius 3 is 3.00 bits per heavy atom. The molecule has 0 aliphatic carbocycles. The molecule has 2 aromatic rings. The Hall–Kier alpha value is -1.95. The molecular weight excluding hydrogens is 274 g/mol. The predicted molar refractivity (Wildman–Crippen MR) is 79.3 cm³/mol. The fourth-order valence-electron chi connectivity index (χ4n) is 1.66. The van der Waals surface area contributed by atoms with Crippen LogP contribution >= 0.6 is 11.3 Å². The lowest BCUT2D eigenvalue weighted by atomic mass is 10.2. The molecule has 5 nitrogen and oxygen atoms in total. The van der Waals surface area contributed by atoms with Gasteiger partial charge in [0.25, 0.3) is 0 Å². The van der Waals surface area contributed by atoms with Crippen LogP contribution in [0, 0.1) is 0 Å². The minimum absolute atomic E-state index is 0.362. The Morgan fingerprint density at radius 1 is 1.45 bits per heavy atom. The first-order valence-corrected chi connectivity index (χ1v) is 7.32. The Balaban J connectivity index is 1.92. The summed E-state index contributed by atoms with van der Waals surface area (Å²) >= 11 is 1.44. The molecule has 0 aromatic carbocycles. The second-order valence-corrected chi connectivity index (χ2v) is 5.06. The van der Waals surface area contributed by atoms with Gasteiger partial charge in [-0.1, -0.05) is 6.07 Å². The van der Waals surface area contributed by atoms with Crippen molar-refractivity contribution in [2.24, 2.45) is 0 Å². The van der Waals surface area contributed by atoms with E-state index in [4.69, 9.17) is 4.74 Å². The second-order valence-electron chi connectivity index (χ2n) is 4.23. The zero-order valence-electron chi connectivity index (χ0n) is 11.6. The van der Waals surface area contributed by atoms with Gasteiger partial charge in [-0.2, -0.15) is 0 Å². The number of aromatic nitrogens is 2. The molecule has 0 aliphatic heterocycles.